The quantitative estimate of drug-likeness (QED) is 0.771. The van der Waals surface area contributed by atoms with Crippen molar-refractivity contribution in [3.05, 3.63) is 18.0 Å². The lowest BCUT2D eigenvalue weighted by molar-refractivity contribution is -0.141. The highest BCUT2D eigenvalue weighted by Crippen LogP contribution is 2.27. The van der Waals surface area contributed by atoms with E-state index in [2.05, 4.69) is 5.10 Å². The molecule has 0 saturated heterocycles. The van der Waals surface area contributed by atoms with E-state index in [4.69, 9.17) is 10.8 Å². The lowest BCUT2D eigenvalue weighted by atomic mass is 9.97. The molecule has 0 spiro atoms. The average molecular weight is 265 g/mol. The van der Waals surface area contributed by atoms with Crippen LogP contribution in [0.1, 0.15) is 31.9 Å². The van der Waals surface area contributed by atoms with Crippen molar-refractivity contribution in [2.75, 3.05) is 6.61 Å². The number of aryl methyl sites for hydroxylation is 1. The van der Waals surface area contributed by atoms with Crippen LogP contribution in [-0.4, -0.2) is 27.0 Å². The van der Waals surface area contributed by atoms with Gasteiger partial charge in [0.2, 0.25) is 0 Å². The van der Waals surface area contributed by atoms with Crippen LogP contribution in [0.15, 0.2) is 12.3 Å². The Morgan fingerprint density at radius 3 is 2.56 bits per heavy atom. The number of unbranched alkanes of at least 4 members (excludes halogenated alkanes) is 1. The Morgan fingerprint density at radius 1 is 1.39 bits per heavy atom. The van der Waals surface area contributed by atoms with Crippen LogP contribution >= 0.6 is 0 Å². The minimum Gasteiger partial charge on any atom is -0.394 e. The minimum atomic E-state index is -4.39. The largest absolute Gasteiger partial charge is 0.435 e. The van der Waals surface area contributed by atoms with Crippen molar-refractivity contribution in [2.45, 2.75) is 44.4 Å². The molecule has 0 aliphatic heterocycles. The van der Waals surface area contributed by atoms with Crippen molar-refractivity contribution in [1.29, 1.82) is 0 Å². The summed E-state index contributed by atoms with van der Waals surface area (Å²) in [4.78, 5) is 0. The topological polar surface area (TPSA) is 64.1 Å². The maximum absolute atomic E-state index is 12.3. The standard InChI is InChI=1S/C11H18F3N3O/c1-10(15,8-18)5-2-3-6-17-7-4-9(16-17)11(12,13)14/h4,7,18H,2-3,5-6,8,15H2,1H3. The molecular formula is C11H18F3N3O. The SMILES string of the molecule is CC(N)(CO)CCCCn1ccc(C(F)(F)F)n1. The number of aliphatic hydroxyl groups excluding tert-OH is 1. The van der Waals surface area contributed by atoms with Crippen LogP contribution in [-0.2, 0) is 12.7 Å². The number of hydrogen-bond acceptors (Lipinski definition) is 3. The second-order valence-electron chi connectivity index (χ2n) is 4.73. The summed E-state index contributed by atoms with van der Waals surface area (Å²) in [7, 11) is 0. The van der Waals surface area contributed by atoms with E-state index in [9.17, 15) is 13.2 Å². The van der Waals surface area contributed by atoms with Crippen molar-refractivity contribution < 1.29 is 18.3 Å². The first kappa shape index (κ1) is 15.0. The molecule has 104 valence electrons. The second-order valence-corrected chi connectivity index (χ2v) is 4.73. The van der Waals surface area contributed by atoms with Crippen LogP contribution < -0.4 is 5.73 Å². The lowest BCUT2D eigenvalue weighted by Gasteiger charge is -2.21. The fraction of sp³-hybridized carbons (Fsp3) is 0.727. The van der Waals surface area contributed by atoms with Crippen molar-refractivity contribution in [2.24, 2.45) is 5.73 Å². The third-order valence-electron chi connectivity index (χ3n) is 2.68. The Balaban J connectivity index is 2.35. The number of aromatic nitrogens is 2. The van der Waals surface area contributed by atoms with Gasteiger partial charge in [0.15, 0.2) is 5.69 Å². The Labute approximate surface area is 104 Å². The monoisotopic (exact) mass is 265 g/mol. The van der Waals surface area contributed by atoms with Gasteiger partial charge in [-0.15, -0.1) is 0 Å². The number of rotatable bonds is 6. The molecule has 3 N–H and O–H groups in total. The maximum atomic E-state index is 12.3. The molecule has 18 heavy (non-hydrogen) atoms. The highest BCUT2D eigenvalue weighted by molar-refractivity contribution is 5.03. The Bertz CT molecular complexity index is 374. The Hall–Kier alpha value is -1.08. The molecule has 4 nitrogen and oxygen atoms in total. The van der Waals surface area contributed by atoms with Crippen molar-refractivity contribution in [3.63, 3.8) is 0 Å². The number of alkyl halides is 3. The van der Waals surface area contributed by atoms with E-state index < -0.39 is 17.4 Å². The van der Waals surface area contributed by atoms with E-state index in [0.29, 0.717) is 19.4 Å². The molecule has 1 unspecified atom stereocenters. The summed E-state index contributed by atoms with van der Waals surface area (Å²) >= 11 is 0. The van der Waals surface area contributed by atoms with Crippen molar-refractivity contribution in [1.82, 2.24) is 9.78 Å². The van der Waals surface area contributed by atoms with E-state index in [1.54, 1.807) is 6.92 Å². The first-order valence-corrected chi connectivity index (χ1v) is 5.75. The third kappa shape index (κ3) is 4.66. The lowest BCUT2D eigenvalue weighted by Crippen LogP contribution is -2.39. The van der Waals surface area contributed by atoms with Crippen molar-refractivity contribution >= 4 is 0 Å². The molecule has 1 aromatic heterocycles. The maximum Gasteiger partial charge on any atom is 0.435 e. The summed E-state index contributed by atoms with van der Waals surface area (Å²) in [6, 6.07) is 0.959. The number of nitrogens with zero attached hydrogens (tertiary/aromatic N) is 2. The van der Waals surface area contributed by atoms with Gasteiger partial charge in [0.25, 0.3) is 0 Å². The molecular weight excluding hydrogens is 247 g/mol. The molecule has 7 heteroatoms. The summed E-state index contributed by atoms with van der Waals surface area (Å²) in [5, 5.41) is 12.4. The van der Waals surface area contributed by atoms with Crippen LogP contribution in [0.3, 0.4) is 0 Å². The van der Waals surface area contributed by atoms with E-state index >= 15 is 0 Å². The molecule has 0 aliphatic carbocycles. The zero-order valence-corrected chi connectivity index (χ0v) is 10.2. The predicted octanol–water partition coefficient (Wildman–Crippen LogP) is 1.78. The summed E-state index contributed by atoms with van der Waals surface area (Å²) in [6.07, 6.45) is -1.05. The smallest absolute Gasteiger partial charge is 0.394 e. The summed E-state index contributed by atoms with van der Waals surface area (Å²) in [5.74, 6) is 0. The van der Waals surface area contributed by atoms with E-state index in [1.807, 2.05) is 0 Å². The molecule has 1 atom stereocenters. The van der Waals surface area contributed by atoms with E-state index in [0.717, 1.165) is 12.5 Å². The van der Waals surface area contributed by atoms with Crippen LogP contribution in [0.2, 0.25) is 0 Å². The number of nitrogens with two attached hydrogens (primary N) is 1. The van der Waals surface area contributed by atoms with Gasteiger partial charge in [-0.1, -0.05) is 0 Å². The van der Waals surface area contributed by atoms with E-state index in [1.165, 1.54) is 10.9 Å². The van der Waals surface area contributed by atoms with Gasteiger partial charge in [-0.05, 0) is 32.3 Å². The molecule has 0 aliphatic rings. The van der Waals surface area contributed by atoms with Crippen LogP contribution in [0.5, 0.6) is 0 Å². The van der Waals surface area contributed by atoms with Gasteiger partial charge >= 0.3 is 6.18 Å². The van der Waals surface area contributed by atoms with Gasteiger partial charge in [-0.25, -0.2) is 0 Å². The molecule has 0 aromatic carbocycles. The molecule has 0 bridgehead atoms. The predicted molar refractivity (Wildman–Crippen MR) is 60.8 cm³/mol. The number of halogens is 3. The van der Waals surface area contributed by atoms with Crippen LogP contribution in [0.4, 0.5) is 13.2 Å². The Morgan fingerprint density at radius 2 is 2.06 bits per heavy atom. The van der Waals surface area contributed by atoms with Crippen LogP contribution in [0, 0.1) is 0 Å². The zero-order chi connectivity index (χ0) is 13.8. The first-order valence-electron chi connectivity index (χ1n) is 5.75. The summed E-state index contributed by atoms with van der Waals surface area (Å²) < 4.78 is 38.1. The van der Waals surface area contributed by atoms with Gasteiger partial charge in [-0.3, -0.25) is 4.68 Å². The van der Waals surface area contributed by atoms with Gasteiger partial charge < -0.3 is 10.8 Å². The van der Waals surface area contributed by atoms with E-state index in [-0.39, 0.29) is 6.61 Å². The highest BCUT2D eigenvalue weighted by atomic mass is 19.4. The Kier molecular flexibility index (Phi) is 4.75. The van der Waals surface area contributed by atoms with Gasteiger partial charge in [0, 0.05) is 18.3 Å². The average Bonchev–Trinajstić information content (AvgIpc) is 2.73. The first-order chi connectivity index (χ1) is 8.24. The molecule has 0 radical (unpaired) electrons. The summed E-state index contributed by atoms with van der Waals surface area (Å²) in [6.45, 7) is 2.05. The van der Waals surface area contributed by atoms with Gasteiger partial charge in [-0.2, -0.15) is 18.3 Å². The highest BCUT2D eigenvalue weighted by Gasteiger charge is 2.33. The van der Waals surface area contributed by atoms with Crippen LogP contribution in [0.25, 0.3) is 0 Å². The molecule has 0 amide bonds. The molecule has 1 aromatic rings. The fourth-order valence-electron chi connectivity index (χ4n) is 1.52. The van der Waals surface area contributed by atoms with Crippen molar-refractivity contribution in [3.8, 4) is 0 Å². The number of hydrogen-bond donors (Lipinski definition) is 2. The number of aliphatic hydroxyl groups is 1. The fourth-order valence-corrected chi connectivity index (χ4v) is 1.52. The zero-order valence-electron chi connectivity index (χ0n) is 10.2. The molecule has 1 heterocycles. The summed E-state index contributed by atoms with van der Waals surface area (Å²) in [5.41, 5.74) is 4.24. The minimum absolute atomic E-state index is 0.104. The van der Waals surface area contributed by atoms with Gasteiger partial charge in [0.1, 0.15) is 0 Å². The normalized spacial score (nSPS) is 15.7. The molecule has 1 rings (SSSR count). The molecule has 0 fully saturated rings. The third-order valence-corrected chi connectivity index (χ3v) is 2.68. The van der Waals surface area contributed by atoms with Gasteiger partial charge in [0.05, 0.1) is 6.61 Å². The second kappa shape index (κ2) is 5.71. The molecule has 0 saturated carbocycles.